The highest BCUT2D eigenvalue weighted by Gasteiger charge is 2.15. The van der Waals surface area contributed by atoms with Gasteiger partial charge >= 0.3 is 0 Å². The second kappa shape index (κ2) is 3.00. The standard InChI is InChI=1S/C9H13F/c1-3-8-6-4-5-7(2)9(8)10/h4-5,8H,3,6H2,1-2H3. The van der Waals surface area contributed by atoms with E-state index in [-0.39, 0.29) is 11.7 Å². The SMILES string of the molecule is CCC1CC=CC(C)=C1F. The van der Waals surface area contributed by atoms with Crippen LogP contribution in [-0.2, 0) is 0 Å². The van der Waals surface area contributed by atoms with Crippen molar-refractivity contribution >= 4 is 0 Å². The molecule has 10 heavy (non-hydrogen) atoms. The van der Waals surface area contributed by atoms with Crippen molar-refractivity contribution in [3.8, 4) is 0 Å². The summed E-state index contributed by atoms with van der Waals surface area (Å²) in [6, 6.07) is 0. The van der Waals surface area contributed by atoms with Gasteiger partial charge in [-0.05, 0) is 25.3 Å². The average Bonchev–Trinajstić information content (AvgIpc) is 1.95. The van der Waals surface area contributed by atoms with E-state index in [2.05, 4.69) is 0 Å². The molecule has 0 saturated heterocycles. The van der Waals surface area contributed by atoms with E-state index in [9.17, 15) is 4.39 Å². The summed E-state index contributed by atoms with van der Waals surface area (Å²) in [6.07, 6.45) is 5.70. The maximum atomic E-state index is 13.1. The minimum Gasteiger partial charge on any atom is -0.211 e. The van der Waals surface area contributed by atoms with E-state index < -0.39 is 0 Å². The van der Waals surface area contributed by atoms with E-state index in [1.807, 2.05) is 26.0 Å². The zero-order chi connectivity index (χ0) is 7.56. The summed E-state index contributed by atoms with van der Waals surface area (Å²) in [6.45, 7) is 3.85. The Hall–Kier alpha value is -0.590. The molecule has 1 rings (SSSR count). The fraction of sp³-hybridized carbons (Fsp3) is 0.556. The van der Waals surface area contributed by atoms with Crippen molar-refractivity contribution in [1.82, 2.24) is 0 Å². The number of hydrogen-bond donors (Lipinski definition) is 0. The van der Waals surface area contributed by atoms with E-state index in [0.29, 0.717) is 0 Å². The molecule has 0 N–H and O–H groups in total. The van der Waals surface area contributed by atoms with E-state index in [0.717, 1.165) is 18.4 Å². The van der Waals surface area contributed by atoms with Crippen molar-refractivity contribution < 1.29 is 4.39 Å². The van der Waals surface area contributed by atoms with Crippen LogP contribution in [0.1, 0.15) is 26.7 Å². The minimum absolute atomic E-state index is 0.0880. The molecule has 56 valence electrons. The molecule has 1 unspecified atom stereocenters. The second-order valence-corrected chi connectivity index (χ2v) is 2.77. The van der Waals surface area contributed by atoms with Crippen LogP contribution in [-0.4, -0.2) is 0 Å². The highest BCUT2D eigenvalue weighted by atomic mass is 19.1. The first-order chi connectivity index (χ1) is 4.75. The lowest BCUT2D eigenvalue weighted by molar-refractivity contribution is 0.445. The number of allylic oxidation sites excluding steroid dienone is 4. The molecule has 0 aromatic heterocycles. The molecule has 0 saturated carbocycles. The van der Waals surface area contributed by atoms with Gasteiger partial charge in [0.25, 0.3) is 0 Å². The monoisotopic (exact) mass is 140 g/mol. The molecule has 0 heterocycles. The van der Waals surface area contributed by atoms with Gasteiger partial charge in [0.15, 0.2) is 0 Å². The van der Waals surface area contributed by atoms with Crippen molar-refractivity contribution in [2.24, 2.45) is 5.92 Å². The summed E-state index contributed by atoms with van der Waals surface area (Å²) in [7, 11) is 0. The summed E-state index contributed by atoms with van der Waals surface area (Å²) in [5.41, 5.74) is 0.804. The van der Waals surface area contributed by atoms with Gasteiger partial charge in [-0.25, -0.2) is 4.39 Å². The molecule has 0 radical (unpaired) electrons. The summed E-state index contributed by atoms with van der Waals surface area (Å²) < 4.78 is 13.1. The van der Waals surface area contributed by atoms with Crippen molar-refractivity contribution in [1.29, 1.82) is 0 Å². The summed E-state index contributed by atoms with van der Waals surface area (Å²) in [5, 5.41) is 0. The maximum Gasteiger partial charge on any atom is 0.106 e. The lowest BCUT2D eigenvalue weighted by Crippen LogP contribution is -2.02. The van der Waals surface area contributed by atoms with Crippen molar-refractivity contribution in [3.05, 3.63) is 23.6 Å². The van der Waals surface area contributed by atoms with Gasteiger partial charge in [0.1, 0.15) is 5.83 Å². The van der Waals surface area contributed by atoms with Crippen LogP contribution in [0.2, 0.25) is 0 Å². The highest BCUT2D eigenvalue weighted by Crippen LogP contribution is 2.28. The van der Waals surface area contributed by atoms with Gasteiger partial charge < -0.3 is 0 Å². The minimum atomic E-state index is 0.0880. The molecule has 1 heteroatoms. The second-order valence-electron chi connectivity index (χ2n) is 2.77. The van der Waals surface area contributed by atoms with Gasteiger partial charge in [0.05, 0.1) is 0 Å². The van der Waals surface area contributed by atoms with E-state index in [4.69, 9.17) is 0 Å². The Morgan fingerprint density at radius 1 is 1.70 bits per heavy atom. The Bertz CT molecular complexity index is 177. The van der Waals surface area contributed by atoms with Crippen LogP contribution in [0, 0.1) is 5.92 Å². The van der Waals surface area contributed by atoms with Crippen LogP contribution in [0.25, 0.3) is 0 Å². The molecule has 0 aromatic carbocycles. The smallest absolute Gasteiger partial charge is 0.106 e. The first-order valence-corrected chi connectivity index (χ1v) is 3.78. The van der Waals surface area contributed by atoms with Crippen LogP contribution in [0.3, 0.4) is 0 Å². The average molecular weight is 140 g/mol. The first kappa shape index (κ1) is 7.52. The molecule has 0 aromatic rings. The third-order valence-electron chi connectivity index (χ3n) is 2.02. The summed E-state index contributed by atoms with van der Waals surface area (Å²) in [4.78, 5) is 0. The first-order valence-electron chi connectivity index (χ1n) is 3.78. The zero-order valence-electron chi connectivity index (χ0n) is 6.52. The van der Waals surface area contributed by atoms with Crippen LogP contribution in [0.15, 0.2) is 23.6 Å². The van der Waals surface area contributed by atoms with Gasteiger partial charge in [-0.3, -0.25) is 0 Å². The van der Waals surface area contributed by atoms with Gasteiger partial charge in [0, 0.05) is 5.92 Å². The highest BCUT2D eigenvalue weighted by molar-refractivity contribution is 5.25. The molecule has 0 nitrogen and oxygen atoms in total. The van der Waals surface area contributed by atoms with Crippen LogP contribution in [0.4, 0.5) is 4.39 Å². The molecule has 0 fully saturated rings. The Morgan fingerprint density at radius 3 is 2.90 bits per heavy atom. The van der Waals surface area contributed by atoms with Crippen molar-refractivity contribution in [2.45, 2.75) is 26.7 Å². The van der Waals surface area contributed by atoms with E-state index >= 15 is 0 Å². The summed E-state index contributed by atoms with van der Waals surface area (Å²) in [5.74, 6) is 0.245. The lowest BCUT2D eigenvalue weighted by Gasteiger charge is -2.15. The number of hydrogen-bond acceptors (Lipinski definition) is 0. The molecule has 1 atom stereocenters. The Labute approximate surface area is 61.4 Å². The topological polar surface area (TPSA) is 0 Å². The number of halogens is 1. The Kier molecular flexibility index (Phi) is 2.25. The third kappa shape index (κ3) is 1.28. The third-order valence-corrected chi connectivity index (χ3v) is 2.02. The fourth-order valence-electron chi connectivity index (χ4n) is 1.26. The molecule has 0 amide bonds. The van der Waals surface area contributed by atoms with Gasteiger partial charge in [0.2, 0.25) is 0 Å². The van der Waals surface area contributed by atoms with E-state index in [1.165, 1.54) is 0 Å². The molecule has 0 aliphatic heterocycles. The van der Waals surface area contributed by atoms with Gasteiger partial charge in [-0.2, -0.15) is 0 Å². The lowest BCUT2D eigenvalue weighted by atomic mass is 9.93. The zero-order valence-corrected chi connectivity index (χ0v) is 6.52. The van der Waals surface area contributed by atoms with E-state index in [1.54, 1.807) is 0 Å². The molecule has 0 spiro atoms. The predicted molar refractivity (Wildman–Crippen MR) is 41.3 cm³/mol. The normalized spacial score (nSPS) is 25.7. The largest absolute Gasteiger partial charge is 0.211 e. The molecule has 1 aliphatic carbocycles. The molecular formula is C9H13F. The summed E-state index contributed by atoms with van der Waals surface area (Å²) >= 11 is 0. The van der Waals surface area contributed by atoms with Gasteiger partial charge in [-0.1, -0.05) is 19.1 Å². The quantitative estimate of drug-likeness (QED) is 0.524. The Morgan fingerprint density at radius 2 is 2.40 bits per heavy atom. The number of rotatable bonds is 1. The maximum absolute atomic E-state index is 13.1. The molecule has 0 bridgehead atoms. The predicted octanol–water partition coefficient (Wildman–Crippen LogP) is 3.22. The van der Waals surface area contributed by atoms with Crippen LogP contribution >= 0.6 is 0 Å². The van der Waals surface area contributed by atoms with Gasteiger partial charge in [-0.15, -0.1) is 0 Å². The molecule has 1 aliphatic rings. The molecular weight excluding hydrogens is 127 g/mol. The van der Waals surface area contributed by atoms with Crippen molar-refractivity contribution in [2.75, 3.05) is 0 Å². The Balaban J connectivity index is 2.77. The van der Waals surface area contributed by atoms with Crippen molar-refractivity contribution in [3.63, 3.8) is 0 Å². The van der Waals surface area contributed by atoms with Crippen LogP contribution in [0.5, 0.6) is 0 Å². The van der Waals surface area contributed by atoms with Crippen LogP contribution < -0.4 is 0 Å². The fourth-order valence-corrected chi connectivity index (χ4v) is 1.26.